The number of nitrogen functional groups attached to an aromatic ring is 8. The van der Waals surface area contributed by atoms with Crippen LogP contribution in [0.1, 0.15) is 78.7 Å². The number of oxazole rings is 1. The van der Waals surface area contributed by atoms with Crippen LogP contribution in [0, 0.1) is 19.7 Å². The first-order valence-electron chi connectivity index (χ1n) is 39.0. The molecule has 30 heteroatoms. The number of hydrogen-bond donors (Lipinski definition) is 12. The maximum atomic E-state index is 12.6. The van der Waals surface area contributed by atoms with E-state index in [1.165, 1.54) is 140 Å². The Morgan fingerprint density at radius 1 is 0.540 bits per heavy atom. The number of pyridine rings is 1. The Morgan fingerprint density at radius 3 is 1.72 bits per heavy atom. The molecule has 1 amide bonds. The molecule has 0 fully saturated rings. The van der Waals surface area contributed by atoms with E-state index in [-0.39, 0.29) is 11.7 Å². The van der Waals surface area contributed by atoms with Crippen LogP contribution in [-0.4, -0.2) is 63.2 Å². The van der Waals surface area contributed by atoms with Crippen LogP contribution in [0.2, 0.25) is 0 Å². The lowest BCUT2D eigenvalue weighted by Gasteiger charge is -2.15. The molecule has 1 aliphatic carbocycles. The fourth-order valence-electron chi connectivity index (χ4n) is 11.6. The number of ether oxygens (including phenoxy) is 2. The third-order valence-electron chi connectivity index (χ3n) is 17.9. The highest BCUT2D eigenvalue weighted by molar-refractivity contribution is 7.22. The highest BCUT2D eigenvalue weighted by Gasteiger charge is 2.12. The molecule has 8 aromatic heterocycles. The summed E-state index contributed by atoms with van der Waals surface area (Å²) in [7, 11) is 1.73. The number of thiazole rings is 5. The van der Waals surface area contributed by atoms with Gasteiger partial charge in [0.2, 0.25) is 5.91 Å². The Hall–Kier alpha value is -14.1. The largest absolute Gasteiger partial charge is 0.497 e. The van der Waals surface area contributed by atoms with E-state index in [9.17, 15) is 14.0 Å². The van der Waals surface area contributed by atoms with Gasteiger partial charge in [0.25, 0.3) is 0 Å². The molecule has 0 saturated heterocycles. The first kappa shape index (κ1) is 92.2. The number of carbonyl (C=O) groups excluding carboxylic acids is 1. The average Bonchev–Trinajstić information content (AvgIpc) is 1.66. The maximum Gasteiger partial charge on any atom is 0.417 e. The standard InChI is InChI=1S/C15H16O.C11H11N3OS.C11H14O.C10H7N3O2S.C9H8FN3.C8H7N3S.C8H8N2S.C8H11NO.C7H6N2S.C7H9N/c1-2-13-8-10-15(11-9-13)16-12-14-6-4-3-5-7-14;1-7(15)13-9-4-2-8(3-5-9)10-6-16-11(12)14-10;1-12-11-7-6-9-4-2-3-5-10(9)8-11;11-9-12-7(4-16-9)5-1-2-6-8(3-5)15-10(14)13-6;10-7-3-1-6(2-4-7)8-5-9(11)13-12-8;9-8-11-7(5-12-8)6-3-1-2-4-10-6;1-5-2-3-6-7(4-5)11-8(9)10-6;1-6(10)7-3-2-4-8(9)5-7;8-7-9-5-3-1-2-4-6(5)10-7;1-6-2-4-7(8)5-3-6/h3-11H,2,12H2,1H3;2-6H,1H3,(H2,12,14)(H,13,15);6-8H,2-5H2,1H3;1-4H,(H2,11,12)(H,13,14);1-5H,(H3,11,12,13);1-5H,(H2,9,11);2-4H,1H3,(H2,9,10);2-6,10H,9H2,1H3;1-4H,(H2,8,9);2-5H,8H2,1H3. The number of aromatic nitrogens is 9. The fraction of sp³-hybridized carbons (Fsp3) is 0.138. The van der Waals surface area contributed by atoms with Gasteiger partial charge in [-0.3, -0.25) is 19.9 Å². The van der Waals surface area contributed by atoms with Crippen molar-refractivity contribution in [1.82, 2.24) is 45.1 Å². The molecule has 0 aliphatic heterocycles. The number of H-pyrrole nitrogens is 2. The molecule has 18 aromatic rings. The van der Waals surface area contributed by atoms with Crippen LogP contribution in [0.4, 0.5) is 52.9 Å². The molecule has 0 spiro atoms. The van der Waals surface area contributed by atoms with Gasteiger partial charge in [-0.1, -0.05) is 150 Å². The molecule has 0 radical (unpaired) electrons. The van der Waals surface area contributed by atoms with E-state index in [1.807, 2.05) is 175 Å². The Balaban J connectivity index is 0.000000145. The summed E-state index contributed by atoms with van der Waals surface area (Å²) in [5, 5.41) is 26.9. The topological polar surface area (TPSA) is 428 Å². The lowest BCUT2D eigenvalue weighted by molar-refractivity contribution is -0.114. The number of nitrogens with one attached hydrogen (secondary N) is 3. The van der Waals surface area contributed by atoms with Gasteiger partial charge in [0.05, 0.1) is 61.9 Å². The Morgan fingerprint density at radius 2 is 1.14 bits per heavy atom. The number of benzene rings is 10. The fourth-order valence-corrected chi connectivity index (χ4v) is 14.9. The zero-order valence-electron chi connectivity index (χ0n) is 69.0. The molecule has 0 saturated carbocycles. The number of anilines is 9. The van der Waals surface area contributed by atoms with Gasteiger partial charge in [0.15, 0.2) is 31.2 Å². The van der Waals surface area contributed by atoms with Gasteiger partial charge < -0.3 is 70.2 Å². The number of carbonyl (C=O) groups is 1. The van der Waals surface area contributed by atoms with E-state index in [0.717, 1.165) is 95.8 Å². The van der Waals surface area contributed by atoms with E-state index in [2.05, 4.69) is 113 Å². The van der Waals surface area contributed by atoms with Crippen molar-refractivity contribution in [1.29, 1.82) is 0 Å². The predicted molar refractivity (Wildman–Crippen MR) is 513 cm³/mol. The third-order valence-corrected chi connectivity index (χ3v) is 21.7. The predicted octanol–water partition coefficient (Wildman–Crippen LogP) is 21.1. The lowest BCUT2D eigenvalue weighted by atomic mass is 9.92. The number of methoxy groups -OCH3 is 1. The molecule has 1 unspecified atom stereocenters. The second kappa shape index (κ2) is 47.2. The second-order valence-electron chi connectivity index (χ2n) is 27.5. The number of amides is 1. The van der Waals surface area contributed by atoms with Crippen LogP contribution < -0.4 is 66.4 Å². The quantitative estimate of drug-likeness (QED) is 0.0535. The van der Waals surface area contributed by atoms with E-state index < -0.39 is 11.9 Å². The minimum Gasteiger partial charge on any atom is -0.497 e. The lowest BCUT2D eigenvalue weighted by Crippen LogP contribution is -2.05. The molecule has 1 atom stereocenters. The summed E-state index contributed by atoms with van der Waals surface area (Å²) >= 11 is 7.27. The Kier molecular flexibility index (Phi) is 35.1. The van der Waals surface area contributed by atoms with Crippen molar-refractivity contribution in [3.05, 3.63) is 332 Å². The molecule has 20 N–H and O–H groups in total. The molecule has 10 aromatic carbocycles. The first-order valence-corrected chi connectivity index (χ1v) is 43.3. The van der Waals surface area contributed by atoms with Crippen LogP contribution >= 0.6 is 56.7 Å². The van der Waals surface area contributed by atoms with Crippen molar-refractivity contribution in [2.24, 2.45) is 0 Å². The summed E-state index contributed by atoms with van der Waals surface area (Å²) in [5.74, 6) is 1.57. The molecular weight excluding hydrogens is 1660 g/mol. The molecule has 19 rings (SSSR count). The van der Waals surface area contributed by atoms with Crippen LogP contribution in [0.5, 0.6) is 11.5 Å². The molecule has 124 heavy (non-hydrogen) atoms. The smallest absolute Gasteiger partial charge is 0.417 e. The van der Waals surface area contributed by atoms with Crippen LogP contribution in [0.15, 0.2) is 286 Å². The number of hydrogen-bond acceptors (Lipinski definition) is 26. The van der Waals surface area contributed by atoms with Gasteiger partial charge in [0, 0.05) is 63.5 Å². The number of nitrogens with two attached hydrogens (primary N) is 8. The van der Waals surface area contributed by atoms with Crippen molar-refractivity contribution < 1.29 is 28.2 Å². The monoisotopic (exact) mass is 1750 g/mol. The Labute approximate surface area is 737 Å². The van der Waals surface area contributed by atoms with Gasteiger partial charge in [-0.25, -0.2) is 34.1 Å². The summed E-state index contributed by atoms with van der Waals surface area (Å²) in [6, 6.07) is 80.5. The highest BCUT2D eigenvalue weighted by atomic mass is 32.1. The average molecular weight is 1750 g/mol. The Bertz CT molecular complexity index is 6280. The summed E-state index contributed by atoms with van der Waals surface area (Å²) < 4.78 is 30.7. The first-order chi connectivity index (χ1) is 59.9. The van der Waals surface area contributed by atoms with Gasteiger partial charge in [-0.15, -0.1) is 34.0 Å². The SMILES string of the molecule is CC(=O)Nc1ccc(-c2csc(N)n2)cc1.CC(O)c1cccc(N)c1.CCc1ccc(OCc2ccccc2)cc1.COc1ccc2c(c1)CCCC2.Cc1ccc(N)cc1.Cc1ccc2nc(N)sc2c1.Nc1cc(-c2ccc(F)cc2)[nH]n1.Nc1nc(-c2ccc3[nH]c(=O)oc3c2)cs1.Nc1nc(-c2ccccn2)cs1.Nc1nc2ccccc2s1. The van der Waals surface area contributed by atoms with E-state index >= 15 is 0 Å². The second-order valence-corrected chi connectivity index (χ2v) is 32.3. The number of aromatic amines is 2. The molecule has 24 nitrogen and oxygen atoms in total. The number of fused-ring (bicyclic) bond motifs is 4. The van der Waals surface area contributed by atoms with Crippen molar-refractivity contribution in [2.45, 2.75) is 79.4 Å². The van der Waals surface area contributed by atoms with E-state index in [0.29, 0.717) is 54.9 Å². The van der Waals surface area contributed by atoms with E-state index in [1.54, 1.807) is 62.7 Å². The highest BCUT2D eigenvalue weighted by Crippen LogP contribution is 2.31. The number of aryl methyl sites for hydroxylation is 5. The summed E-state index contributed by atoms with van der Waals surface area (Å²) in [5.41, 5.74) is 65.3. The molecule has 8 heterocycles. The van der Waals surface area contributed by atoms with Crippen molar-refractivity contribution in [3.63, 3.8) is 0 Å². The third kappa shape index (κ3) is 30.2. The van der Waals surface area contributed by atoms with Crippen molar-refractivity contribution in [2.75, 3.05) is 58.3 Å². The molecule has 0 bridgehead atoms. The summed E-state index contributed by atoms with van der Waals surface area (Å²) in [6.45, 7) is 10.1. The normalized spacial score (nSPS) is 11.0. The summed E-state index contributed by atoms with van der Waals surface area (Å²) in [4.78, 5) is 49.3. The zero-order valence-corrected chi connectivity index (χ0v) is 73.1. The number of aliphatic hydroxyl groups excluding tert-OH is 1. The van der Waals surface area contributed by atoms with Gasteiger partial charge in [-0.05, 0) is 225 Å². The minimum absolute atomic E-state index is 0.0781. The van der Waals surface area contributed by atoms with Crippen LogP contribution in [0.25, 0.3) is 76.7 Å². The van der Waals surface area contributed by atoms with Crippen LogP contribution in [0.3, 0.4) is 0 Å². The zero-order chi connectivity index (χ0) is 88.3. The number of rotatable bonds is 11. The number of nitrogens with zero attached hydrogens (tertiary/aromatic N) is 7. The van der Waals surface area contributed by atoms with Crippen LogP contribution in [-0.2, 0) is 30.7 Å². The summed E-state index contributed by atoms with van der Waals surface area (Å²) in [6.07, 6.45) is 7.54. The maximum absolute atomic E-state index is 12.6. The van der Waals surface area contributed by atoms with E-state index in [4.69, 9.17) is 64.9 Å². The van der Waals surface area contributed by atoms with Gasteiger partial charge >= 0.3 is 5.76 Å². The van der Waals surface area contributed by atoms with Crippen molar-refractivity contribution >= 4 is 143 Å². The van der Waals surface area contributed by atoms with Crippen molar-refractivity contribution in [3.8, 4) is 56.7 Å². The van der Waals surface area contributed by atoms with Gasteiger partial charge in [0.1, 0.15) is 35.4 Å². The van der Waals surface area contributed by atoms with Gasteiger partial charge in [-0.2, -0.15) is 5.10 Å². The number of para-hydroxylation sites is 1. The number of halogens is 1. The molecule has 1 aliphatic rings. The molecular formula is C94H97FN18O6S5. The molecule has 636 valence electrons. The number of aliphatic hydroxyl groups is 1. The minimum atomic E-state index is -0.454.